The van der Waals surface area contributed by atoms with Crippen LogP contribution >= 0.6 is 0 Å². The minimum atomic E-state index is -0.215. The van der Waals surface area contributed by atoms with Gasteiger partial charge in [-0.15, -0.1) is 0 Å². The van der Waals surface area contributed by atoms with E-state index in [0.717, 1.165) is 25.9 Å². The van der Waals surface area contributed by atoms with Crippen molar-refractivity contribution in [1.29, 1.82) is 0 Å². The first-order valence-electron chi connectivity index (χ1n) is 5.33. The summed E-state index contributed by atoms with van der Waals surface area (Å²) >= 11 is 0. The summed E-state index contributed by atoms with van der Waals surface area (Å²) in [6, 6.07) is 6.66. The van der Waals surface area contributed by atoms with Gasteiger partial charge in [0.2, 0.25) is 0 Å². The Morgan fingerprint density at radius 1 is 1.33 bits per heavy atom. The lowest BCUT2D eigenvalue weighted by Gasteiger charge is -2.22. The fourth-order valence-electron chi connectivity index (χ4n) is 1.64. The van der Waals surface area contributed by atoms with Crippen LogP contribution in [0.4, 0.5) is 4.39 Å². The van der Waals surface area contributed by atoms with Gasteiger partial charge in [0.25, 0.3) is 0 Å². The predicted octanol–water partition coefficient (Wildman–Crippen LogP) is 2.87. The number of rotatable bonds is 3. The maximum absolute atomic E-state index is 13.2. The van der Waals surface area contributed by atoms with E-state index in [-0.39, 0.29) is 18.7 Å². The van der Waals surface area contributed by atoms with Gasteiger partial charge in [-0.05, 0) is 25.3 Å². The SMILES string of the molecule is Fc1ccccc1COC1CCCCO1. The second kappa shape index (κ2) is 5.24. The normalized spacial score (nSPS) is 21.5. The molecule has 0 aliphatic carbocycles. The summed E-state index contributed by atoms with van der Waals surface area (Å²) in [5, 5.41) is 0. The van der Waals surface area contributed by atoms with Gasteiger partial charge in [-0.3, -0.25) is 0 Å². The lowest BCUT2D eigenvalue weighted by Crippen LogP contribution is -2.22. The number of ether oxygens (including phenoxy) is 2. The summed E-state index contributed by atoms with van der Waals surface area (Å²) in [6.07, 6.45) is 2.98. The molecule has 15 heavy (non-hydrogen) atoms. The van der Waals surface area contributed by atoms with E-state index in [1.54, 1.807) is 12.1 Å². The quantitative estimate of drug-likeness (QED) is 0.763. The summed E-state index contributed by atoms with van der Waals surface area (Å²) in [6.45, 7) is 1.04. The Morgan fingerprint density at radius 2 is 2.20 bits per heavy atom. The van der Waals surface area contributed by atoms with Gasteiger partial charge >= 0.3 is 0 Å². The second-order valence-electron chi connectivity index (χ2n) is 3.70. The molecular weight excluding hydrogens is 195 g/mol. The molecule has 1 atom stereocenters. The standard InChI is InChI=1S/C12H15FO2/c13-11-6-2-1-5-10(11)9-15-12-7-3-4-8-14-12/h1-2,5-6,12H,3-4,7-9H2. The third kappa shape index (κ3) is 3.01. The van der Waals surface area contributed by atoms with Gasteiger partial charge in [0.1, 0.15) is 5.82 Å². The zero-order valence-electron chi connectivity index (χ0n) is 8.62. The molecule has 0 aromatic heterocycles. The summed E-state index contributed by atoms with van der Waals surface area (Å²) in [4.78, 5) is 0. The molecule has 0 N–H and O–H groups in total. The maximum atomic E-state index is 13.2. The average Bonchev–Trinajstić information content (AvgIpc) is 2.29. The van der Waals surface area contributed by atoms with Crippen LogP contribution in [-0.2, 0) is 16.1 Å². The second-order valence-corrected chi connectivity index (χ2v) is 3.70. The Hall–Kier alpha value is -0.930. The van der Waals surface area contributed by atoms with Crippen molar-refractivity contribution in [2.75, 3.05) is 6.61 Å². The van der Waals surface area contributed by atoms with E-state index in [9.17, 15) is 4.39 Å². The topological polar surface area (TPSA) is 18.5 Å². The zero-order valence-corrected chi connectivity index (χ0v) is 8.62. The molecule has 1 unspecified atom stereocenters. The minimum absolute atomic E-state index is 0.154. The molecule has 1 aromatic rings. The van der Waals surface area contributed by atoms with Crippen LogP contribution in [0, 0.1) is 5.82 Å². The van der Waals surface area contributed by atoms with Gasteiger partial charge in [-0.25, -0.2) is 4.39 Å². The summed E-state index contributed by atoms with van der Waals surface area (Å²) in [5.74, 6) is -0.215. The zero-order chi connectivity index (χ0) is 10.5. The third-order valence-corrected chi connectivity index (χ3v) is 2.52. The monoisotopic (exact) mass is 210 g/mol. The summed E-state index contributed by atoms with van der Waals surface area (Å²) < 4.78 is 24.1. The first kappa shape index (κ1) is 10.6. The van der Waals surface area contributed by atoms with Crippen molar-refractivity contribution in [1.82, 2.24) is 0 Å². The number of hydrogen-bond donors (Lipinski definition) is 0. The fraction of sp³-hybridized carbons (Fsp3) is 0.500. The Bertz CT molecular complexity index is 308. The van der Waals surface area contributed by atoms with Crippen LogP contribution in [0.3, 0.4) is 0 Å². The highest BCUT2D eigenvalue weighted by Crippen LogP contribution is 2.16. The number of halogens is 1. The van der Waals surface area contributed by atoms with Crippen molar-refractivity contribution >= 4 is 0 Å². The van der Waals surface area contributed by atoms with Gasteiger partial charge in [-0.2, -0.15) is 0 Å². The van der Waals surface area contributed by atoms with Gasteiger partial charge in [0.15, 0.2) is 6.29 Å². The highest BCUT2D eigenvalue weighted by molar-refractivity contribution is 5.16. The van der Waals surface area contributed by atoms with Crippen molar-refractivity contribution in [3.8, 4) is 0 Å². The van der Waals surface area contributed by atoms with Crippen LogP contribution < -0.4 is 0 Å². The Labute approximate surface area is 89.0 Å². The Balaban J connectivity index is 1.84. The van der Waals surface area contributed by atoms with Crippen molar-refractivity contribution in [2.24, 2.45) is 0 Å². The lowest BCUT2D eigenvalue weighted by molar-refractivity contribution is -0.169. The molecule has 2 rings (SSSR count). The molecule has 2 nitrogen and oxygen atoms in total. The molecule has 0 bridgehead atoms. The van der Waals surface area contributed by atoms with E-state index in [1.165, 1.54) is 6.07 Å². The summed E-state index contributed by atoms with van der Waals surface area (Å²) in [5.41, 5.74) is 0.590. The molecule has 0 saturated carbocycles. The molecule has 82 valence electrons. The predicted molar refractivity (Wildman–Crippen MR) is 54.8 cm³/mol. The smallest absolute Gasteiger partial charge is 0.158 e. The van der Waals surface area contributed by atoms with Crippen molar-refractivity contribution in [3.05, 3.63) is 35.6 Å². The molecule has 1 aliphatic heterocycles. The minimum Gasteiger partial charge on any atom is -0.353 e. The van der Waals surface area contributed by atoms with Gasteiger partial charge in [0, 0.05) is 12.2 Å². The molecule has 1 saturated heterocycles. The molecule has 1 fully saturated rings. The van der Waals surface area contributed by atoms with Crippen molar-refractivity contribution in [2.45, 2.75) is 32.2 Å². The van der Waals surface area contributed by atoms with Crippen LogP contribution in [0.5, 0.6) is 0 Å². The van der Waals surface area contributed by atoms with Gasteiger partial charge in [0.05, 0.1) is 6.61 Å². The largest absolute Gasteiger partial charge is 0.353 e. The van der Waals surface area contributed by atoms with E-state index in [1.807, 2.05) is 6.07 Å². The lowest BCUT2D eigenvalue weighted by atomic mass is 10.2. The average molecular weight is 210 g/mol. The first-order chi connectivity index (χ1) is 7.36. The Morgan fingerprint density at radius 3 is 2.93 bits per heavy atom. The molecule has 1 aliphatic rings. The van der Waals surface area contributed by atoms with E-state index in [0.29, 0.717) is 5.56 Å². The molecule has 1 aromatic carbocycles. The van der Waals surface area contributed by atoms with Crippen LogP contribution in [0.25, 0.3) is 0 Å². The number of benzene rings is 1. The molecule has 0 amide bonds. The molecule has 0 spiro atoms. The van der Waals surface area contributed by atoms with Crippen LogP contribution in [0.15, 0.2) is 24.3 Å². The summed E-state index contributed by atoms with van der Waals surface area (Å²) in [7, 11) is 0. The van der Waals surface area contributed by atoms with Crippen molar-refractivity contribution < 1.29 is 13.9 Å². The van der Waals surface area contributed by atoms with Crippen LogP contribution in [-0.4, -0.2) is 12.9 Å². The van der Waals surface area contributed by atoms with E-state index >= 15 is 0 Å². The third-order valence-electron chi connectivity index (χ3n) is 2.52. The van der Waals surface area contributed by atoms with Crippen LogP contribution in [0.1, 0.15) is 24.8 Å². The highest BCUT2D eigenvalue weighted by atomic mass is 19.1. The highest BCUT2D eigenvalue weighted by Gasteiger charge is 2.14. The fourth-order valence-corrected chi connectivity index (χ4v) is 1.64. The molecule has 0 radical (unpaired) electrons. The molecule has 1 heterocycles. The Kier molecular flexibility index (Phi) is 3.69. The van der Waals surface area contributed by atoms with Crippen molar-refractivity contribution in [3.63, 3.8) is 0 Å². The van der Waals surface area contributed by atoms with Gasteiger partial charge in [-0.1, -0.05) is 18.2 Å². The van der Waals surface area contributed by atoms with Crippen LogP contribution in [0.2, 0.25) is 0 Å². The maximum Gasteiger partial charge on any atom is 0.158 e. The first-order valence-corrected chi connectivity index (χ1v) is 5.33. The van der Waals surface area contributed by atoms with E-state index < -0.39 is 0 Å². The molecular formula is C12H15FO2. The number of hydrogen-bond acceptors (Lipinski definition) is 2. The molecule has 3 heteroatoms. The van der Waals surface area contributed by atoms with E-state index in [2.05, 4.69) is 0 Å². The van der Waals surface area contributed by atoms with E-state index in [4.69, 9.17) is 9.47 Å². The van der Waals surface area contributed by atoms with Gasteiger partial charge < -0.3 is 9.47 Å².